The highest BCUT2D eigenvalue weighted by Crippen LogP contribution is 2.16. The van der Waals surface area contributed by atoms with Crippen molar-refractivity contribution in [3.8, 4) is 0 Å². The Kier molecular flexibility index (Phi) is 5.20. The van der Waals surface area contributed by atoms with E-state index in [0.717, 1.165) is 5.75 Å². The second kappa shape index (κ2) is 6.47. The number of rotatable bonds is 6. The molecule has 1 rings (SSSR count). The highest BCUT2D eigenvalue weighted by Gasteiger charge is 2.12. The Balaban J connectivity index is 2.45. The van der Waals surface area contributed by atoms with Crippen molar-refractivity contribution in [2.24, 2.45) is 0 Å². The normalized spacial score (nSPS) is 10.3. The van der Waals surface area contributed by atoms with Crippen LogP contribution in [-0.4, -0.2) is 37.0 Å². The molecule has 0 amide bonds. The third kappa shape index (κ3) is 3.93. The summed E-state index contributed by atoms with van der Waals surface area (Å²) in [6.45, 7) is 2.69. The van der Waals surface area contributed by atoms with E-state index in [1.165, 1.54) is 18.0 Å². The van der Waals surface area contributed by atoms with Crippen molar-refractivity contribution in [3.05, 3.63) is 12.0 Å². The van der Waals surface area contributed by atoms with Gasteiger partial charge in [0.25, 0.3) is 5.22 Å². The number of carbonyl (C=O) groups is 1. The average Bonchev–Trinajstić information content (AvgIpc) is 2.67. The summed E-state index contributed by atoms with van der Waals surface area (Å²) in [6, 6.07) is 0. The number of esters is 1. The molecule has 0 radical (unpaired) electrons. The summed E-state index contributed by atoms with van der Waals surface area (Å²) in [4.78, 5) is 15.2. The fraction of sp³-hybridized carbons (Fsp3) is 0.556. The molecule has 0 aliphatic heterocycles. The molecule has 0 fully saturated rings. The number of oxazole rings is 1. The van der Waals surface area contributed by atoms with Crippen LogP contribution in [-0.2, 0) is 9.47 Å². The molecule has 0 N–H and O–H groups in total. The van der Waals surface area contributed by atoms with Crippen molar-refractivity contribution in [2.45, 2.75) is 12.1 Å². The zero-order valence-electron chi connectivity index (χ0n) is 8.69. The van der Waals surface area contributed by atoms with Crippen molar-refractivity contribution in [1.82, 2.24) is 4.98 Å². The maximum atomic E-state index is 11.2. The zero-order valence-corrected chi connectivity index (χ0v) is 9.50. The first-order valence-corrected chi connectivity index (χ1v) is 5.51. The average molecular weight is 231 g/mol. The molecule has 84 valence electrons. The van der Waals surface area contributed by atoms with Crippen LogP contribution in [0.2, 0.25) is 0 Å². The molecule has 0 saturated carbocycles. The molecule has 1 aromatic heterocycles. The highest BCUT2D eigenvalue weighted by atomic mass is 32.2. The number of thioether (sulfide) groups is 1. The number of ether oxygens (including phenoxy) is 2. The van der Waals surface area contributed by atoms with Crippen molar-refractivity contribution in [3.63, 3.8) is 0 Å². The van der Waals surface area contributed by atoms with Crippen molar-refractivity contribution in [2.75, 3.05) is 26.1 Å². The molecular weight excluding hydrogens is 218 g/mol. The van der Waals surface area contributed by atoms with Gasteiger partial charge >= 0.3 is 5.97 Å². The lowest BCUT2D eigenvalue weighted by atomic mass is 10.5. The molecule has 0 saturated heterocycles. The summed E-state index contributed by atoms with van der Waals surface area (Å²) in [5, 5.41) is 0.454. The molecule has 0 aromatic carbocycles. The van der Waals surface area contributed by atoms with Gasteiger partial charge in [0.15, 0.2) is 5.69 Å². The zero-order chi connectivity index (χ0) is 11.1. The van der Waals surface area contributed by atoms with Crippen LogP contribution in [0.25, 0.3) is 0 Å². The van der Waals surface area contributed by atoms with E-state index in [-0.39, 0.29) is 5.69 Å². The minimum Gasteiger partial charge on any atom is -0.461 e. The van der Waals surface area contributed by atoms with Crippen LogP contribution in [0.1, 0.15) is 17.4 Å². The van der Waals surface area contributed by atoms with Gasteiger partial charge in [0.1, 0.15) is 6.26 Å². The second-order valence-corrected chi connectivity index (χ2v) is 3.61. The van der Waals surface area contributed by atoms with Gasteiger partial charge in [0.05, 0.1) is 13.2 Å². The third-order valence-corrected chi connectivity index (χ3v) is 2.29. The van der Waals surface area contributed by atoms with E-state index in [2.05, 4.69) is 4.98 Å². The topological polar surface area (TPSA) is 61.6 Å². The van der Waals surface area contributed by atoms with Crippen LogP contribution in [0.4, 0.5) is 0 Å². The Hall–Kier alpha value is -1.01. The van der Waals surface area contributed by atoms with Gasteiger partial charge in [-0.1, -0.05) is 11.8 Å². The largest absolute Gasteiger partial charge is 0.461 e. The first-order valence-electron chi connectivity index (χ1n) is 4.52. The minimum atomic E-state index is -0.458. The van der Waals surface area contributed by atoms with Gasteiger partial charge < -0.3 is 13.9 Å². The quantitative estimate of drug-likeness (QED) is 0.421. The number of hydrogen-bond donors (Lipinski definition) is 0. The standard InChI is InChI=1S/C9H13NO4S/c1-3-13-8(11)7-6-14-9(10-7)15-5-4-12-2/h6H,3-5H2,1-2H3. The molecule has 1 aromatic rings. The Morgan fingerprint density at radius 1 is 1.67 bits per heavy atom. The van der Waals surface area contributed by atoms with Crippen molar-refractivity contribution < 1.29 is 18.7 Å². The van der Waals surface area contributed by atoms with Crippen molar-refractivity contribution >= 4 is 17.7 Å². The van der Waals surface area contributed by atoms with E-state index in [0.29, 0.717) is 18.4 Å². The summed E-state index contributed by atoms with van der Waals surface area (Å²) in [5.74, 6) is 0.277. The van der Waals surface area contributed by atoms with Gasteiger partial charge in [-0.05, 0) is 6.92 Å². The van der Waals surface area contributed by atoms with Crippen LogP contribution >= 0.6 is 11.8 Å². The second-order valence-electron chi connectivity index (χ2n) is 2.56. The number of methoxy groups -OCH3 is 1. The summed E-state index contributed by atoms with van der Waals surface area (Å²) in [7, 11) is 1.63. The van der Waals surface area contributed by atoms with Crippen LogP contribution in [0, 0.1) is 0 Å². The lowest BCUT2D eigenvalue weighted by Gasteiger charge is -1.95. The van der Waals surface area contributed by atoms with Gasteiger partial charge in [-0.15, -0.1) is 0 Å². The fourth-order valence-corrected chi connectivity index (χ4v) is 1.54. The molecule has 15 heavy (non-hydrogen) atoms. The van der Waals surface area contributed by atoms with E-state index < -0.39 is 5.97 Å². The SMILES string of the molecule is CCOC(=O)c1coc(SCCOC)n1. The monoisotopic (exact) mass is 231 g/mol. The van der Waals surface area contributed by atoms with E-state index in [1.54, 1.807) is 14.0 Å². The summed E-state index contributed by atoms with van der Waals surface area (Å²) < 4.78 is 14.7. The predicted molar refractivity (Wildman–Crippen MR) is 55.1 cm³/mol. The minimum absolute atomic E-state index is 0.205. The highest BCUT2D eigenvalue weighted by molar-refractivity contribution is 7.99. The third-order valence-electron chi connectivity index (χ3n) is 1.48. The van der Waals surface area contributed by atoms with Gasteiger partial charge in [-0.3, -0.25) is 0 Å². The van der Waals surface area contributed by atoms with Gasteiger partial charge in [0, 0.05) is 12.9 Å². The van der Waals surface area contributed by atoms with E-state index in [1.807, 2.05) is 0 Å². The smallest absolute Gasteiger partial charge is 0.360 e. The van der Waals surface area contributed by atoms with Gasteiger partial charge in [-0.25, -0.2) is 4.79 Å². The van der Waals surface area contributed by atoms with Crippen LogP contribution in [0.3, 0.4) is 0 Å². The van der Waals surface area contributed by atoms with Gasteiger partial charge in [0.2, 0.25) is 0 Å². The molecule has 5 nitrogen and oxygen atoms in total. The first kappa shape index (κ1) is 12.1. The maximum absolute atomic E-state index is 11.2. The maximum Gasteiger partial charge on any atom is 0.360 e. The molecule has 0 aliphatic carbocycles. The Bertz CT molecular complexity index is 313. The number of carbonyl (C=O) groups excluding carboxylic acids is 1. The van der Waals surface area contributed by atoms with Crippen LogP contribution < -0.4 is 0 Å². The number of nitrogens with zero attached hydrogens (tertiary/aromatic N) is 1. The van der Waals surface area contributed by atoms with E-state index in [9.17, 15) is 4.79 Å². The molecule has 0 atom stereocenters. The van der Waals surface area contributed by atoms with E-state index >= 15 is 0 Å². The molecule has 6 heteroatoms. The summed E-state index contributed by atoms with van der Waals surface area (Å²) in [5.41, 5.74) is 0.205. The Morgan fingerprint density at radius 3 is 3.13 bits per heavy atom. The Morgan fingerprint density at radius 2 is 2.47 bits per heavy atom. The summed E-state index contributed by atoms with van der Waals surface area (Å²) in [6.07, 6.45) is 1.30. The molecule has 0 spiro atoms. The molecule has 0 unspecified atom stereocenters. The molecule has 0 aliphatic rings. The fourth-order valence-electron chi connectivity index (χ4n) is 0.835. The van der Waals surface area contributed by atoms with Crippen molar-refractivity contribution in [1.29, 1.82) is 0 Å². The lowest BCUT2D eigenvalue weighted by molar-refractivity contribution is 0.0519. The van der Waals surface area contributed by atoms with Gasteiger partial charge in [-0.2, -0.15) is 4.98 Å². The molecule has 0 bridgehead atoms. The predicted octanol–water partition coefficient (Wildman–Crippen LogP) is 1.59. The number of aromatic nitrogens is 1. The first-order chi connectivity index (χ1) is 7.27. The van der Waals surface area contributed by atoms with E-state index in [4.69, 9.17) is 13.9 Å². The molecular formula is C9H13NO4S. The summed E-state index contributed by atoms with van der Waals surface area (Å²) >= 11 is 1.39. The number of hydrogen-bond acceptors (Lipinski definition) is 6. The van der Waals surface area contributed by atoms with Crippen LogP contribution in [0.15, 0.2) is 15.9 Å². The van der Waals surface area contributed by atoms with Crippen LogP contribution in [0.5, 0.6) is 0 Å². The lowest BCUT2D eigenvalue weighted by Crippen LogP contribution is -2.04. The Labute approximate surface area is 92.1 Å². The molecule has 1 heterocycles.